The fourth-order valence-corrected chi connectivity index (χ4v) is 4.76. The van der Waals surface area contributed by atoms with E-state index in [1.165, 1.54) is 17.7 Å². The zero-order valence-electron chi connectivity index (χ0n) is 17.4. The van der Waals surface area contributed by atoms with E-state index in [0.29, 0.717) is 37.7 Å². The van der Waals surface area contributed by atoms with Crippen LogP contribution in [0.2, 0.25) is 0 Å². The van der Waals surface area contributed by atoms with Crippen LogP contribution in [0.1, 0.15) is 27.4 Å². The summed E-state index contributed by atoms with van der Waals surface area (Å²) in [5.41, 5.74) is 3.14. The number of rotatable bonds is 6. The highest BCUT2D eigenvalue weighted by molar-refractivity contribution is 7.83. The highest BCUT2D eigenvalue weighted by Gasteiger charge is 2.24. The Bertz CT molecular complexity index is 1060. The summed E-state index contributed by atoms with van der Waals surface area (Å²) in [4.78, 5) is 16.7. The Hall–Kier alpha value is -2.93. The molecule has 2 heterocycles. The number of nitrogens with zero attached hydrogens (tertiary/aromatic N) is 2. The lowest BCUT2D eigenvalue weighted by atomic mass is 10.2. The molecule has 1 atom stereocenters. The van der Waals surface area contributed by atoms with Gasteiger partial charge in [0.1, 0.15) is 11.6 Å². The first-order valence-corrected chi connectivity index (χ1v) is 11.8. The molecule has 0 aliphatic carbocycles. The van der Waals surface area contributed by atoms with Crippen molar-refractivity contribution in [1.29, 1.82) is 0 Å². The first kappa shape index (κ1) is 21.3. The van der Waals surface area contributed by atoms with E-state index in [9.17, 15) is 13.4 Å². The van der Waals surface area contributed by atoms with Gasteiger partial charge in [0.05, 0.1) is 5.75 Å². The number of furan rings is 1. The van der Waals surface area contributed by atoms with E-state index in [1.54, 1.807) is 29.2 Å². The van der Waals surface area contributed by atoms with Crippen LogP contribution >= 0.6 is 0 Å². The van der Waals surface area contributed by atoms with E-state index in [2.05, 4.69) is 4.90 Å². The van der Waals surface area contributed by atoms with Crippen LogP contribution < -0.4 is 4.90 Å². The molecule has 31 heavy (non-hydrogen) atoms. The van der Waals surface area contributed by atoms with Gasteiger partial charge in [-0.15, -0.1) is 0 Å². The molecule has 162 valence electrons. The van der Waals surface area contributed by atoms with Crippen molar-refractivity contribution >= 4 is 22.4 Å². The van der Waals surface area contributed by atoms with Gasteiger partial charge in [-0.25, -0.2) is 4.39 Å². The lowest BCUT2D eigenvalue weighted by Crippen LogP contribution is -2.48. The average Bonchev–Trinajstić information content (AvgIpc) is 3.24. The van der Waals surface area contributed by atoms with Gasteiger partial charge in [-0.3, -0.25) is 9.00 Å². The quantitative estimate of drug-likeness (QED) is 0.578. The van der Waals surface area contributed by atoms with E-state index in [0.717, 1.165) is 11.3 Å². The number of piperazine rings is 1. The smallest absolute Gasteiger partial charge is 0.289 e. The first-order chi connectivity index (χ1) is 15.0. The summed E-state index contributed by atoms with van der Waals surface area (Å²) < 4.78 is 31.3. The van der Waals surface area contributed by atoms with Crippen molar-refractivity contribution in [2.75, 3.05) is 31.1 Å². The molecule has 4 rings (SSSR count). The molecule has 0 N–H and O–H groups in total. The molecule has 2 aromatic carbocycles. The van der Waals surface area contributed by atoms with Gasteiger partial charge in [0.2, 0.25) is 0 Å². The summed E-state index contributed by atoms with van der Waals surface area (Å²) in [5.74, 6) is 1.14. The third-order valence-corrected chi connectivity index (χ3v) is 6.64. The second-order valence-corrected chi connectivity index (χ2v) is 9.19. The molecular weight excluding hydrogens is 415 g/mol. The van der Waals surface area contributed by atoms with Crippen molar-refractivity contribution in [1.82, 2.24) is 4.90 Å². The lowest BCUT2D eigenvalue weighted by Gasteiger charge is -2.35. The molecule has 0 unspecified atom stereocenters. The Morgan fingerprint density at radius 2 is 1.61 bits per heavy atom. The largest absolute Gasteiger partial charge is 0.455 e. The summed E-state index contributed by atoms with van der Waals surface area (Å²) in [6.45, 7) is 4.49. The highest BCUT2D eigenvalue weighted by Crippen LogP contribution is 2.19. The van der Waals surface area contributed by atoms with Crippen molar-refractivity contribution < 1.29 is 17.8 Å². The predicted molar refractivity (Wildman–Crippen MR) is 120 cm³/mol. The molecule has 1 saturated heterocycles. The van der Waals surface area contributed by atoms with Gasteiger partial charge in [0.15, 0.2) is 5.76 Å². The summed E-state index contributed by atoms with van der Waals surface area (Å²) in [6, 6.07) is 17.8. The number of amides is 1. The van der Waals surface area contributed by atoms with Crippen LogP contribution in [0, 0.1) is 12.7 Å². The molecule has 0 radical (unpaired) electrons. The Morgan fingerprint density at radius 3 is 2.29 bits per heavy atom. The Balaban J connectivity index is 1.30. The third kappa shape index (κ3) is 5.41. The first-order valence-electron chi connectivity index (χ1n) is 10.3. The fraction of sp³-hybridized carbons (Fsp3) is 0.292. The van der Waals surface area contributed by atoms with Crippen molar-refractivity contribution in [2.24, 2.45) is 0 Å². The summed E-state index contributed by atoms with van der Waals surface area (Å²) in [5, 5.41) is 0. The topological polar surface area (TPSA) is 53.8 Å². The molecule has 1 amide bonds. The number of hydrogen-bond donors (Lipinski definition) is 0. The van der Waals surface area contributed by atoms with E-state index in [4.69, 9.17) is 4.42 Å². The Kier molecular flexibility index (Phi) is 6.51. The second-order valence-electron chi connectivity index (χ2n) is 7.74. The lowest BCUT2D eigenvalue weighted by molar-refractivity contribution is 0.0713. The van der Waals surface area contributed by atoms with Crippen LogP contribution in [-0.4, -0.2) is 41.2 Å². The third-order valence-electron chi connectivity index (χ3n) is 5.38. The molecule has 1 fully saturated rings. The van der Waals surface area contributed by atoms with Gasteiger partial charge in [-0.2, -0.15) is 0 Å². The van der Waals surface area contributed by atoms with Gasteiger partial charge in [0, 0.05) is 48.4 Å². The molecule has 0 spiro atoms. The number of hydrogen-bond acceptors (Lipinski definition) is 4. The predicted octanol–water partition coefficient (Wildman–Crippen LogP) is 4.14. The van der Waals surface area contributed by atoms with Crippen LogP contribution in [-0.2, 0) is 22.3 Å². The second kappa shape index (κ2) is 9.47. The van der Waals surface area contributed by atoms with E-state index in [-0.39, 0.29) is 23.2 Å². The molecule has 7 heteroatoms. The molecule has 0 bridgehead atoms. The minimum absolute atomic E-state index is 0.158. The molecule has 1 aliphatic rings. The number of benzene rings is 2. The highest BCUT2D eigenvalue weighted by atomic mass is 32.2. The van der Waals surface area contributed by atoms with Crippen LogP contribution in [0.4, 0.5) is 10.1 Å². The van der Waals surface area contributed by atoms with Crippen LogP contribution in [0.3, 0.4) is 0 Å². The molecule has 1 aromatic heterocycles. The van der Waals surface area contributed by atoms with E-state index >= 15 is 0 Å². The SMILES string of the molecule is Cc1ccc(C[S@@](=O)Cc2ccc(C(=O)N3CCN(c4ccc(F)cc4)CC3)o2)cc1. The van der Waals surface area contributed by atoms with Crippen LogP contribution in [0.5, 0.6) is 0 Å². The maximum Gasteiger partial charge on any atom is 0.289 e. The van der Waals surface area contributed by atoms with E-state index in [1.807, 2.05) is 31.2 Å². The van der Waals surface area contributed by atoms with Crippen LogP contribution in [0.15, 0.2) is 65.1 Å². The molecule has 1 aliphatic heterocycles. The maximum absolute atomic E-state index is 13.1. The zero-order chi connectivity index (χ0) is 21.8. The molecule has 5 nitrogen and oxygen atoms in total. The number of aryl methyl sites for hydroxylation is 1. The van der Waals surface area contributed by atoms with E-state index < -0.39 is 10.8 Å². The zero-order valence-corrected chi connectivity index (χ0v) is 18.2. The fourth-order valence-electron chi connectivity index (χ4n) is 3.63. The minimum atomic E-state index is -1.11. The maximum atomic E-state index is 13.1. The van der Waals surface area contributed by atoms with Gasteiger partial charge in [-0.05, 0) is 48.9 Å². The normalized spacial score (nSPS) is 15.2. The van der Waals surface area contributed by atoms with Crippen molar-refractivity contribution in [3.05, 3.63) is 89.1 Å². The Labute approximate surface area is 183 Å². The van der Waals surface area contributed by atoms with Crippen molar-refractivity contribution in [3.8, 4) is 0 Å². The van der Waals surface area contributed by atoms with Gasteiger partial charge in [-0.1, -0.05) is 29.8 Å². The number of anilines is 1. The Morgan fingerprint density at radius 1 is 0.935 bits per heavy atom. The average molecular weight is 441 g/mol. The number of halogens is 1. The number of carbonyl (C=O) groups excluding carboxylic acids is 1. The summed E-state index contributed by atoms with van der Waals surface area (Å²) >= 11 is 0. The van der Waals surface area contributed by atoms with Gasteiger partial charge >= 0.3 is 0 Å². The minimum Gasteiger partial charge on any atom is -0.455 e. The molecule has 3 aromatic rings. The molecule has 0 saturated carbocycles. The van der Waals surface area contributed by atoms with Crippen molar-refractivity contribution in [2.45, 2.75) is 18.4 Å². The molecular formula is C24H25FN2O3S. The standard InChI is InChI=1S/C24H25FN2O3S/c1-18-2-4-19(5-3-18)16-31(29)17-22-10-11-23(30-22)24(28)27-14-12-26(13-15-27)21-8-6-20(25)7-9-21/h2-11H,12-17H2,1H3/t31-/m1/s1. The summed E-state index contributed by atoms with van der Waals surface area (Å²) in [7, 11) is -1.11. The monoisotopic (exact) mass is 440 g/mol. The van der Waals surface area contributed by atoms with Crippen molar-refractivity contribution in [3.63, 3.8) is 0 Å². The summed E-state index contributed by atoms with van der Waals surface area (Å²) in [6.07, 6.45) is 0. The number of carbonyl (C=O) groups is 1. The van der Waals surface area contributed by atoms with Gasteiger partial charge < -0.3 is 14.2 Å². The van der Waals surface area contributed by atoms with Gasteiger partial charge in [0.25, 0.3) is 5.91 Å². The van der Waals surface area contributed by atoms with Crippen LogP contribution in [0.25, 0.3) is 0 Å².